The van der Waals surface area contributed by atoms with E-state index >= 15 is 0 Å². The average molecular weight is 157 g/mol. The van der Waals surface area contributed by atoms with Crippen molar-refractivity contribution in [3.8, 4) is 0 Å². The van der Waals surface area contributed by atoms with Crippen LogP contribution in [0.4, 0.5) is 3.89 Å². The van der Waals surface area contributed by atoms with Crippen LogP contribution in [0.25, 0.3) is 0 Å². The largest absolute Gasteiger partial charge is 0.232 e. The summed E-state index contributed by atoms with van der Waals surface area (Å²) in [5.41, 5.74) is 0.692. The number of rotatable bonds is 2. The van der Waals surface area contributed by atoms with Crippen molar-refractivity contribution >= 4 is 12.1 Å². The molecule has 0 saturated carbocycles. The van der Waals surface area contributed by atoms with E-state index < -0.39 is 0 Å². The Labute approximate surface area is 63.2 Å². The van der Waals surface area contributed by atoms with E-state index in [1.807, 2.05) is 0 Å². The van der Waals surface area contributed by atoms with Crippen molar-refractivity contribution in [1.29, 1.82) is 0 Å². The Balaban J connectivity index is 2.80. The van der Waals surface area contributed by atoms with Gasteiger partial charge < -0.3 is 0 Å². The van der Waals surface area contributed by atoms with E-state index in [0.29, 0.717) is 10.5 Å². The summed E-state index contributed by atoms with van der Waals surface area (Å²) in [5, 5.41) is 10.2. The maximum absolute atomic E-state index is 11.8. The van der Waals surface area contributed by atoms with E-state index in [9.17, 15) is 8.99 Å². The molecule has 0 saturated heterocycles. The fourth-order valence-corrected chi connectivity index (χ4v) is 0.876. The lowest BCUT2D eigenvalue weighted by Crippen LogP contribution is -1.78. The summed E-state index contributed by atoms with van der Waals surface area (Å²) < 4.78 is 11.8. The molecule has 0 aliphatic heterocycles. The first-order valence-electron chi connectivity index (χ1n) is 2.82. The fraction of sp³-hybridized carbons (Fsp3) is 0.143. The molecule has 0 unspecified atom stereocenters. The second-order valence-electron chi connectivity index (χ2n) is 1.87. The van der Waals surface area contributed by atoms with E-state index in [1.165, 1.54) is 0 Å². The summed E-state index contributed by atoms with van der Waals surface area (Å²) >= 11 is 0.186. The number of hydrogen-bond donors (Lipinski definition) is 0. The van der Waals surface area contributed by atoms with E-state index in [0.717, 1.165) is 0 Å². The predicted octanol–water partition coefficient (Wildman–Crippen LogP) is 2.59. The Morgan fingerprint density at radius 3 is 2.30 bits per heavy atom. The van der Waals surface area contributed by atoms with Gasteiger partial charge in [-0.3, -0.25) is 0 Å². The lowest BCUT2D eigenvalue weighted by molar-refractivity contribution is 0.177. The van der Waals surface area contributed by atoms with E-state index in [4.69, 9.17) is 0 Å². The molecule has 0 atom stereocenters. The van der Waals surface area contributed by atoms with Crippen molar-refractivity contribution in [1.82, 2.24) is 0 Å². The molecule has 53 valence electrons. The molecule has 0 fully saturated rings. The van der Waals surface area contributed by atoms with Crippen LogP contribution >= 0.6 is 12.1 Å². The van der Waals surface area contributed by atoms with Crippen molar-refractivity contribution in [3.05, 3.63) is 29.8 Å². The van der Waals surface area contributed by atoms with Gasteiger partial charge >= 0.3 is 0 Å². The first kappa shape index (κ1) is 7.57. The lowest BCUT2D eigenvalue weighted by Gasteiger charge is -1.93. The third-order valence-electron chi connectivity index (χ3n) is 1.18. The van der Waals surface area contributed by atoms with Crippen LogP contribution in [0, 0.1) is 0 Å². The molecule has 0 spiro atoms. The Kier molecular flexibility index (Phi) is 2.71. The highest BCUT2D eigenvalue weighted by Crippen LogP contribution is 2.18. The number of halogens is 1. The Bertz CT molecular complexity index is 174. The van der Waals surface area contributed by atoms with Crippen molar-refractivity contribution in [2.24, 2.45) is 0 Å². The van der Waals surface area contributed by atoms with Gasteiger partial charge in [0.25, 0.3) is 0 Å². The summed E-state index contributed by atoms with van der Waals surface area (Å²) in [6.07, 6.45) is 0. The third-order valence-corrected chi connectivity index (χ3v) is 1.63. The molecule has 0 bridgehead atoms. The maximum atomic E-state index is 11.8. The van der Waals surface area contributed by atoms with E-state index in [-0.39, 0.29) is 18.8 Å². The van der Waals surface area contributed by atoms with Gasteiger partial charge in [0.05, 0.1) is 12.1 Å². The molecule has 1 nitrogen and oxygen atoms in total. The van der Waals surface area contributed by atoms with E-state index in [2.05, 4.69) is 0 Å². The van der Waals surface area contributed by atoms with Gasteiger partial charge in [0.1, 0.15) is 6.61 Å². The van der Waals surface area contributed by atoms with Crippen molar-refractivity contribution in [2.75, 3.05) is 0 Å². The Morgan fingerprint density at radius 1 is 1.30 bits per heavy atom. The SMILES string of the molecule is [O]Cc1ccc(SF)cc1. The van der Waals surface area contributed by atoms with Crippen molar-refractivity contribution < 1.29 is 8.99 Å². The zero-order valence-corrected chi connectivity index (χ0v) is 6.03. The molecule has 10 heavy (non-hydrogen) atoms. The maximum Gasteiger partial charge on any atom is 0.107 e. The van der Waals surface area contributed by atoms with Gasteiger partial charge in [0.15, 0.2) is 0 Å². The molecule has 0 aliphatic carbocycles. The van der Waals surface area contributed by atoms with Crippen LogP contribution in [0.1, 0.15) is 5.56 Å². The van der Waals surface area contributed by atoms with Gasteiger partial charge in [-0.15, -0.1) is 0 Å². The summed E-state index contributed by atoms with van der Waals surface area (Å²) in [7, 11) is 0. The molecule has 0 N–H and O–H groups in total. The highest BCUT2D eigenvalue weighted by Gasteiger charge is 1.92. The first-order valence-corrected chi connectivity index (χ1v) is 3.54. The topological polar surface area (TPSA) is 19.9 Å². The van der Waals surface area contributed by atoms with Gasteiger partial charge in [-0.25, -0.2) is 5.11 Å². The summed E-state index contributed by atoms with van der Waals surface area (Å²) in [6.45, 7) is -0.239. The quantitative estimate of drug-likeness (QED) is 0.646. The van der Waals surface area contributed by atoms with Gasteiger partial charge in [0.2, 0.25) is 0 Å². The molecule has 0 heterocycles. The normalized spacial score (nSPS) is 9.80. The van der Waals surface area contributed by atoms with Crippen molar-refractivity contribution in [2.45, 2.75) is 11.5 Å². The van der Waals surface area contributed by atoms with Crippen LogP contribution in [-0.2, 0) is 11.7 Å². The smallest absolute Gasteiger partial charge is 0.107 e. The average Bonchev–Trinajstić information content (AvgIpc) is 2.05. The Hall–Kier alpha value is -0.540. The molecule has 1 aromatic rings. The van der Waals surface area contributed by atoms with Crippen LogP contribution < -0.4 is 0 Å². The van der Waals surface area contributed by atoms with Gasteiger partial charge in [0, 0.05) is 4.90 Å². The molecule has 0 amide bonds. The predicted molar refractivity (Wildman–Crippen MR) is 37.8 cm³/mol. The molecule has 3 heteroatoms. The molecule has 0 aliphatic rings. The molecule has 1 rings (SSSR count). The Morgan fingerprint density at radius 2 is 1.90 bits per heavy atom. The third kappa shape index (κ3) is 1.72. The van der Waals surface area contributed by atoms with Gasteiger partial charge in [-0.1, -0.05) is 12.1 Å². The van der Waals surface area contributed by atoms with Crippen molar-refractivity contribution in [3.63, 3.8) is 0 Å². The minimum absolute atomic E-state index is 0.186. The highest BCUT2D eigenvalue weighted by atomic mass is 32.2. The standard InChI is InChI=1S/C7H6FOS/c8-10-7-3-1-6(5-9)2-4-7/h1-4H,5H2. The highest BCUT2D eigenvalue weighted by molar-refractivity contribution is 7.94. The monoisotopic (exact) mass is 157 g/mol. The number of hydrogen-bond acceptors (Lipinski definition) is 1. The van der Waals surface area contributed by atoms with Crippen LogP contribution in [0.3, 0.4) is 0 Å². The fourth-order valence-electron chi connectivity index (χ4n) is 0.637. The van der Waals surface area contributed by atoms with Crippen LogP contribution in [0.5, 0.6) is 0 Å². The zero-order valence-electron chi connectivity index (χ0n) is 5.21. The first-order chi connectivity index (χ1) is 4.86. The molecular weight excluding hydrogens is 151 g/mol. The van der Waals surface area contributed by atoms with E-state index in [1.54, 1.807) is 24.3 Å². The van der Waals surface area contributed by atoms with Crippen LogP contribution in [-0.4, -0.2) is 0 Å². The van der Waals surface area contributed by atoms with Gasteiger partial charge in [-0.2, -0.15) is 3.89 Å². The molecule has 1 radical (unpaired) electrons. The lowest BCUT2D eigenvalue weighted by atomic mass is 10.2. The minimum Gasteiger partial charge on any atom is -0.232 e. The van der Waals surface area contributed by atoms with Crippen LogP contribution in [0.15, 0.2) is 29.2 Å². The molecule has 0 aromatic heterocycles. The van der Waals surface area contributed by atoms with Gasteiger partial charge in [-0.05, 0) is 17.7 Å². The zero-order chi connectivity index (χ0) is 7.40. The second-order valence-corrected chi connectivity index (χ2v) is 2.49. The number of benzene rings is 1. The minimum atomic E-state index is -0.239. The summed E-state index contributed by atoms with van der Waals surface area (Å²) in [6, 6.07) is 6.46. The summed E-state index contributed by atoms with van der Waals surface area (Å²) in [4.78, 5) is 0.539. The molecular formula is C7H6FOS. The molecule has 1 aromatic carbocycles. The van der Waals surface area contributed by atoms with Crippen LogP contribution in [0.2, 0.25) is 0 Å². The summed E-state index contributed by atoms with van der Waals surface area (Å²) in [5.74, 6) is 0. The second kappa shape index (κ2) is 3.58.